The average molecular weight is 413 g/mol. The van der Waals surface area contributed by atoms with Crippen LogP contribution in [0, 0.1) is 5.82 Å². The molecule has 0 unspecified atom stereocenters. The standard InChI is InChI=1S/C17H20FN3O4S2/c1-3-21(12-6-7-27(24,25)9-12)16(23)10(2)26-17-19-14-5-4-11(18)8-13(14)15(22)20-17/h4-5,8,10,12H,3,6-7,9H2,1-2H3,(H,19,20,22)/t10-,12+/m0/s1. The highest BCUT2D eigenvalue weighted by molar-refractivity contribution is 8.00. The number of benzene rings is 1. The second-order valence-corrected chi connectivity index (χ2v) is 10.0. The molecular weight excluding hydrogens is 393 g/mol. The van der Waals surface area contributed by atoms with Crippen LogP contribution in [0.3, 0.4) is 0 Å². The van der Waals surface area contributed by atoms with Crippen LogP contribution in [0.5, 0.6) is 0 Å². The molecule has 10 heteroatoms. The van der Waals surface area contributed by atoms with Crippen molar-refractivity contribution in [3.8, 4) is 0 Å². The number of H-pyrrole nitrogens is 1. The van der Waals surface area contributed by atoms with Crippen LogP contribution in [0.4, 0.5) is 4.39 Å². The van der Waals surface area contributed by atoms with Crippen LogP contribution >= 0.6 is 11.8 Å². The Morgan fingerprint density at radius 3 is 2.85 bits per heavy atom. The number of hydrogen-bond acceptors (Lipinski definition) is 6. The average Bonchev–Trinajstić information content (AvgIpc) is 2.96. The SMILES string of the molecule is CCN(C(=O)[C@H](C)Sc1nc2ccc(F)cc2c(=O)[nH]1)[C@@H]1CCS(=O)(=O)C1. The minimum atomic E-state index is -3.09. The maximum atomic E-state index is 13.3. The molecule has 1 aromatic heterocycles. The molecule has 1 fully saturated rings. The number of carbonyl (C=O) groups excluding carboxylic acids is 1. The van der Waals surface area contributed by atoms with Gasteiger partial charge in [0.1, 0.15) is 5.82 Å². The number of halogens is 1. The van der Waals surface area contributed by atoms with E-state index in [2.05, 4.69) is 9.97 Å². The molecule has 1 saturated heterocycles. The number of rotatable bonds is 5. The van der Waals surface area contributed by atoms with Crippen molar-refractivity contribution in [3.05, 3.63) is 34.4 Å². The zero-order chi connectivity index (χ0) is 19.8. The van der Waals surface area contributed by atoms with Crippen molar-refractivity contribution in [1.82, 2.24) is 14.9 Å². The topological polar surface area (TPSA) is 100 Å². The van der Waals surface area contributed by atoms with Gasteiger partial charge in [-0.3, -0.25) is 9.59 Å². The van der Waals surface area contributed by atoms with Gasteiger partial charge < -0.3 is 9.88 Å². The molecule has 2 atom stereocenters. The van der Waals surface area contributed by atoms with Gasteiger partial charge in [0.15, 0.2) is 15.0 Å². The van der Waals surface area contributed by atoms with Crippen molar-refractivity contribution in [2.75, 3.05) is 18.1 Å². The van der Waals surface area contributed by atoms with Crippen molar-refractivity contribution >= 4 is 38.4 Å². The first-order chi connectivity index (χ1) is 12.7. The van der Waals surface area contributed by atoms with E-state index in [0.717, 1.165) is 17.8 Å². The van der Waals surface area contributed by atoms with Gasteiger partial charge in [0.25, 0.3) is 5.56 Å². The molecule has 0 spiro atoms. The number of amides is 1. The lowest BCUT2D eigenvalue weighted by Crippen LogP contribution is -2.44. The fraction of sp³-hybridized carbons (Fsp3) is 0.471. The van der Waals surface area contributed by atoms with Gasteiger partial charge in [0.05, 0.1) is 27.7 Å². The molecule has 0 aliphatic carbocycles. The zero-order valence-electron chi connectivity index (χ0n) is 14.9. The highest BCUT2D eigenvalue weighted by Gasteiger charge is 2.35. The van der Waals surface area contributed by atoms with Crippen molar-refractivity contribution in [1.29, 1.82) is 0 Å². The van der Waals surface area contributed by atoms with Gasteiger partial charge in [-0.2, -0.15) is 0 Å². The summed E-state index contributed by atoms with van der Waals surface area (Å²) in [5.74, 6) is -0.644. The minimum Gasteiger partial charge on any atom is -0.338 e. The molecule has 7 nitrogen and oxygen atoms in total. The van der Waals surface area contributed by atoms with Crippen LogP contribution < -0.4 is 5.56 Å². The van der Waals surface area contributed by atoms with Crippen molar-refractivity contribution in [3.63, 3.8) is 0 Å². The third-order valence-corrected chi connectivity index (χ3v) is 7.28. The predicted octanol–water partition coefficient (Wildman–Crippen LogP) is 1.58. The van der Waals surface area contributed by atoms with Crippen LogP contribution in [0.1, 0.15) is 20.3 Å². The van der Waals surface area contributed by atoms with Gasteiger partial charge in [-0.15, -0.1) is 0 Å². The lowest BCUT2D eigenvalue weighted by Gasteiger charge is -2.29. The monoisotopic (exact) mass is 413 g/mol. The van der Waals surface area contributed by atoms with Gasteiger partial charge in [-0.25, -0.2) is 17.8 Å². The van der Waals surface area contributed by atoms with Crippen LogP contribution in [0.25, 0.3) is 10.9 Å². The molecule has 0 saturated carbocycles. The number of thioether (sulfide) groups is 1. The lowest BCUT2D eigenvalue weighted by atomic mass is 10.2. The normalized spacial score (nSPS) is 19.9. The molecule has 1 amide bonds. The smallest absolute Gasteiger partial charge is 0.259 e. The van der Waals surface area contributed by atoms with E-state index in [-0.39, 0.29) is 34.0 Å². The Morgan fingerprint density at radius 1 is 1.48 bits per heavy atom. The zero-order valence-corrected chi connectivity index (χ0v) is 16.6. The van der Waals surface area contributed by atoms with Gasteiger partial charge in [0, 0.05) is 12.6 Å². The summed E-state index contributed by atoms with van der Waals surface area (Å²) in [5, 5.41) is -0.158. The summed E-state index contributed by atoms with van der Waals surface area (Å²) in [6.45, 7) is 3.91. The Morgan fingerprint density at radius 2 is 2.22 bits per heavy atom. The van der Waals surface area contributed by atoms with Crippen molar-refractivity contribution < 1.29 is 17.6 Å². The van der Waals surface area contributed by atoms with Crippen molar-refractivity contribution in [2.45, 2.75) is 36.7 Å². The van der Waals surface area contributed by atoms with Crippen LogP contribution in [-0.4, -0.2) is 58.5 Å². The summed E-state index contributed by atoms with van der Waals surface area (Å²) in [6, 6.07) is 3.43. The van der Waals surface area contributed by atoms with Crippen LogP contribution in [0.2, 0.25) is 0 Å². The van der Waals surface area contributed by atoms with Crippen LogP contribution in [0.15, 0.2) is 28.2 Å². The lowest BCUT2D eigenvalue weighted by molar-refractivity contribution is -0.131. The fourth-order valence-corrected chi connectivity index (χ4v) is 5.82. The highest BCUT2D eigenvalue weighted by Crippen LogP contribution is 2.25. The number of fused-ring (bicyclic) bond motifs is 1. The number of aromatic amines is 1. The first-order valence-electron chi connectivity index (χ1n) is 8.57. The maximum Gasteiger partial charge on any atom is 0.259 e. The van der Waals surface area contributed by atoms with E-state index >= 15 is 0 Å². The summed E-state index contributed by atoms with van der Waals surface area (Å²) in [4.78, 5) is 33.4. The van der Waals surface area contributed by atoms with Gasteiger partial charge in [0.2, 0.25) is 5.91 Å². The van der Waals surface area contributed by atoms with E-state index in [1.165, 1.54) is 12.1 Å². The second kappa shape index (κ2) is 7.59. The molecule has 2 heterocycles. The van der Waals surface area contributed by atoms with E-state index in [4.69, 9.17) is 0 Å². The Balaban J connectivity index is 1.78. The molecule has 27 heavy (non-hydrogen) atoms. The number of carbonyl (C=O) groups is 1. The Hall–Kier alpha value is -1.94. The molecule has 0 bridgehead atoms. The minimum absolute atomic E-state index is 0.0133. The van der Waals surface area contributed by atoms with E-state index in [1.807, 2.05) is 6.92 Å². The maximum absolute atomic E-state index is 13.3. The molecule has 1 N–H and O–H groups in total. The van der Waals surface area contributed by atoms with Crippen LogP contribution in [-0.2, 0) is 14.6 Å². The summed E-state index contributed by atoms with van der Waals surface area (Å²) in [7, 11) is -3.09. The summed E-state index contributed by atoms with van der Waals surface area (Å²) in [6.07, 6.45) is 0.440. The first-order valence-corrected chi connectivity index (χ1v) is 11.3. The predicted molar refractivity (Wildman–Crippen MR) is 102 cm³/mol. The molecule has 1 aliphatic rings. The summed E-state index contributed by atoms with van der Waals surface area (Å²) < 4.78 is 36.7. The third kappa shape index (κ3) is 4.32. The van der Waals surface area contributed by atoms with E-state index < -0.39 is 26.5 Å². The van der Waals surface area contributed by atoms with E-state index in [1.54, 1.807) is 11.8 Å². The van der Waals surface area contributed by atoms with Gasteiger partial charge in [-0.05, 0) is 38.5 Å². The number of sulfone groups is 1. The van der Waals surface area contributed by atoms with Gasteiger partial charge >= 0.3 is 0 Å². The summed E-state index contributed by atoms with van der Waals surface area (Å²) in [5.41, 5.74) is -0.132. The molecule has 1 aromatic carbocycles. The fourth-order valence-electron chi connectivity index (χ4n) is 3.21. The third-order valence-electron chi connectivity index (χ3n) is 4.55. The number of nitrogens with one attached hydrogen (secondary N) is 1. The number of aromatic nitrogens is 2. The first kappa shape index (κ1) is 19.8. The highest BCUT2D eigenvalue weighted by atomic mass is 32.2. The summed E-state index contributed by atoms with van der Waals surface area (Å²) >= 11 is 1.09. The Labute approximate surface area is 160 Å². The Kier molecular flexibility index (Phi) is 5.57. The van der Waals surface area contributed by atoms with E-state index in [0.29, 0.717) is 18.5 Å². The molecule has 146 valence electrons. The van der Waals surface area contributed by atoms with Gasteiger partial charge in [-0.1, -0.05) is 11.8 Å². The van der Waals surface area contributed by atoms with E-state index in [9.17, 15) is 22.4 Å². The number of hydrogen-bond donors (Lipinski definition) is 1. The Bertz CT molecular complexity index is 1040. The number of nitrogens with zero attached hydrogens (tertiary/aromatic N) is 2. The van der Waals surface area contributed by atoms with Crippen molar-refractivity contribution in [2.24, 2.45) is 0 Å². The molecule has 3 rings (SSSR count). The quantitative estimate of drug-likeness (QED) is 0.590. The molecule has 1 aliphatic heterocycles. The molecule has 2 aromatic rings. The molecule has 0 radical (unpaired) electrons. The second-order valence-electron chi connectivity index (χ2n) is 6.47. The molecular formula is C17H20FN3O4S2. The largest absolute Gasteiger partial charge is 0.338 e.